The smallest absolute Gasteiger partial charge is 0.269 e. The van der Waals surface area contributed by atoms with Gasteiger partial charge >= 0.3 is 0 Å². The number of nitrogens with zero attached hydrogens (tertiary/aromatic N) is 2. The summed E-state index contributed by atoms with van der Waals surface area (Å²) < 4.78 is 1.05. The van der Waals surface area contributed by atoms with Crippen LogP contribution in [0.15, 0.2) is 45.3 Å². The molecule has 0 saturated heterocycles. The lowest BCUT2D eigenvalue weighted by atomic mass is 10.3. The van der Waals surface area contributed by atoms with Gasteiger partial charge in [0, 0.05) is 12.1 Å². The molecule has 1 aromatic heterocycles. The molecular formula is C12H10BrN3O2S. The maximum atomic E-state index is 10.5. The van der Waals surface area contributed by atoms with E-state index in [0.29, 0.717) is 5.69 Å². The summed E-state index contributed by atoms with van der Waals surface area (Å²) in [4.78, 5) is 11.1. The Labute approximate surface area is 122 Å². The van der Waals surface area contributed by atoms with Crippen LogP contribution in [0.25, 0.3) is 0 Å². The first-order valence-corrected chi connectivity index (χ1v) is 6.97. The summed E-state index contributed by atoms with van der Waals surface area (Å²) in [6.45, 7) is 1.90. The molecule has 0 atom stereocenters. The van der Waals surface area contributed by atoms with E-state index in [1.807, 2.05) is 19.1 Å². The largest absolute Gasteiger partial charge is 0.278 e. The second kappa shape index (κ2) is 5.94. The lowest BCUT2D eigenvalue weighted by Gasteiger charge is -2.01. The van der Waals surface area contributed by atoms with E-state index in [9.17, 15) is 10.1 Å². The van der Waals surface area contributed by atoms with E-state index in [0.717, 1.165) is 14.4 Å². The number of anilines is 1. The number of nitro groups is 1. The van der Waals surface area contributed by atoms with E-state index in [1.165, 1.54) is 12.1 Å². The second-order valence-corrected chi connectivity index (χ2v) is 6.18. The molecule has 98 valence electrons. The number of non-ortho nitro benzene ring substituents is 1. The van der Waals surface area contributed by atoms with Gasteiger partial charge in [-0.15, -0.1) is 11.3 Å². The highest BCUT2D eigenvalue weighted by atomic mass is 79.9. The van der Waals surface area contributed by atoms with Crippen molar-refractivity contribution in [3.8, 4) is 0 Å². The molecule has 0 aliphatic heterocycles. The minimum Gasteiger partial charge on any atom is -0.278 e. The molecule has 0 aliphatic carbocycles. The van der Waals surface area contributed by atoms with Gasteiger partial charge in [0.05, 0.1) is 25.0 Å². The van der Waals surface area contributed by atoms with E-state index < -0.39 is 4.92 Å². The third-order valence-corrected chi connectivity index (χ3v) is 4.09. The second-order valence-electron chi connectivity index (χ2n) is 3.72. The van der Waals surface area contributed by atoms with E-state index >= 15 is 0 Å². The van der Waals surface area contributed by atoms with Crippen molar-refractivity contribution in [1.82, 2.24) is 0 Å². The monoisotopic (exact) mass is 339 g/mol. The highest BCUT2D eigenvalue weighted by Gasteiger charge is 2.04. The van der Waals surface area contributed by atoms with Crippen LogP contribution in [0.5, 0.6) is 0 Å². The Morgan fingerprint density at radius 1 is 1.32 bits per heavy atom. The zero-order valence-electron chi connectivity index (χ0n) is 9.96. The first-order chi connectivity index (χ1) is 9.06. The molecule has 5 nitrogen and oxygen atoms in total. The van der Waals surface area contributed by atoms with Crippen LogP contribution in [-0.4, -0.2) is 10.6 Å². The van der Waals surface area contributed by atoms with Crippen LogP contribution >= 0.6 is 27.3 Å². The number of nitro benzene ring substituents is 1. The Morgan fingerprint density at radius 2 is 2.00 bits per heavy atom. The molecule has 0 amide bonds. The summed E-state index contributed by atoms with van der Waals surface area (Å²) in [7, 11) is 0. The van der Waals surface area contributed by atoms with Crippen molar-refractivity contribution >= 4 is 44.4 Å². The lowest BCUT2D eigenvalue weighted by Crippen LogP contribution is -1.97. The van der Waals surface area contributed by atoms with Gasteiger partial charge in [0.2, 0.25) is 0 Å². The number of hydrogen-bond acceptors (Lipinski definition) is 5. The molecule has 2 rings (SSSR count). The quantitative estimate of drug-likeness (QED) is 0.514. The van der Waals surface area contributed by atoms with E-state index in [2.05, 4.69) is 26.5 Å². The molecule has 19 heavy (non-hydrogen) atoms. The Balaban J connectivity index is 2.07. The van der Waals surface area contributed by atoms with Crippen molar-refractivity contribution in [2.75, 3.05) is 5.43 Å². The van der Waals surface area contributed by atoms with Crippen LogP contribution in [0.3, 0.4) is 0 Å². The first kappa shape index (κ1) is 13.7. The molecule has 0 saturated carbocycles. The lowest BCUT2D eigenvalue weighted by molar-refractivity contribution is -0.384. The number of benzene rings is 1. The number of hydrazone groups is 1. The van der Waals surface area contributed by atoms with Gasteiger partial charge in [0.15, 0.2) is 0 Å². The molecular weight excluding hydrogens is 330 g/mol. The van der Waals surface area contributed by atoms with Crippen molar-refractivity contribution in [1.29, 1.82) is 0 Å². The van der Waals surface area contributed by atoms with Gasteiger partial charge in [-0.3, -0.25) is 15.5 Å². The summed E-state index contributed by atoms with van der Waals surface area (Å²) in [5.74, 6) is 0. The van der Waals surface area contributed by atoms with Gasteiger partial charge in [-0.1, -0.05) is 0 Å². The van der Waals surface area contributed by atoms with Gasteiger partial charge in [0.25, 0.3) is 5.69 Å². The average molecular weight is 340 g/mol. The maximum absolute atomic E-state index is 10.5. The molecule has 7 heteroatoms. The van der Waals surface area contributed by atoms with Crippen LogP contribution in [0.4, 0.5) is 11.4 Å². The Hall–Kier alpha value is -1.73. The van der Waals surface area contributed by atoms with E-state index in [-0.39, 0.29) is 5.69 Å². The minimum absolute atomic E-state index is 0.0634. The molecule has 2 aromatic rings. The van der Waals surface area contributed by atoms with Crippen LogP contribution in [0.2, 0.25) is 0 Å². The summed E-state index contributed by atoms with van der Waals surface area (Å²) in [6, 6.07) is 10.1. The van der Waals surface area contributed by atoms with E-state index in [1.54, 1.807) is 23.5 Å². The first-order valence-electron chi connectivity index (χ1n) is 5.37. The fourth-order valence-corrected chi connectivity index (χ4v) is 2.70. The van der Waals surface area contributed by atoms with Gasteiger partial charge in [-0.25, -0.2) is 0 Å². The molecule has 0 unspecified atom stereocenters. The summed E-state index contributed by atoms with van der Waals surface area (Å²) in [5, 5.41) is 14.8. The minimum atomic E-state index is -0.429. The fourth-order valence-electron chi connectivity index (χ4n) is 1.37. The predicted molar refractivity (Wildman–Crippen MR) is 80.9 cm³/mol. The van der Waals surface area contributed by atoms with E-state index in [4.69, 9.17) is 0 Å². The zero-order valence-corrected chi connectivity index (χ0v) is 12.4. The Bertz CT molecular complexity index is 622. The predicted octanol–water partition coefficient (Wildman–Crippen LogP) is 4.25. The molecule has 0 fully saturated rings. The summed E-state index contributed by atoms with van der Waals surface area (Å²) in [5.41, 5.74) is 4.50. The number of nitrogens with one attached hydrogen (secondary N) is 1. The number of halogens is 1. The topological polar surface area (TPSA) is 67.5 Å². The molecule has 0 aliphatic rings. The summed E-state index contributed by atoms with van der Waals surface area (Å²) in [6.07, 6.45) is 0. The molecule has 0 radical (unpaired) electrons. The van der Waals surface area contributed by atoms with Crippen molar-refractivity contribution in [3.63, 3.8) is 0 Å². The molecule has 1 heterocycles. The number of rotatable bonds is 4. The Kier molecular flexibility index (Phi) is 4.28. The van der Waals surface area contributed by atoms with Gasteiger partial charge in [-0.05, 0) is 47.1 Å². The number of thiophene rings is 1. The third kappa shape index (κ3) is 3.62. The van der Waals surface area contributed by atoms with Gasteiger partial charge in [0.1, 0.15) is 0 Å². The SMILES string of the molecule is C/C(=N/Nc1ccc([N+](=O)[O-])cc1)c1ccc(Br)s1. The number of hydrogen-bond donors (Lipinski definition) is 1. The van der Waals surface area contributed by atoms with Gasteiger partial charge in [-0.2, -0.15) is 5.10 Å². The van der Waals surface area contributed by atoms with Crippen molar-refractivity contribution in [2.24, 2.45) is 5.10 Å². The van der Waals surface area contributed by atoms with Crippen molar-refractivity contribution in [3.05, 3.63) is 55.2 Å². The van der Waals surface area contributed by atoms with Gasteiger partial charge < -0.3 is 0 Å². The van der Waals surface area contributed by atoms with Crippen LogP contribution in [-0.2, 0) is 0 Å². The highest BCUT2D eigenvalue weighted by molar-refractivity contribution is 9.11. The maximum Gasteiger partial charge on any atom is 0.269 e. The normalized spacial score (nSPS) is 11.4. The zero-order chi connectivity index (χ0) is 13.8. The summed E-state index contributed by atoms with van der Waals surface area (Å²) >= 11 is 4.99. The molecule has 1 aromatic carbocycles. The van der Waals surface area contributed by atoms with Crippen LogP contribution in [0.1, 0.15) is 11.8 Å². The molecule has 0 spiro atoms. The van der Waals surface area contributed by atoms with Crippen molar-refractivity contribution in [2.45, 2.75) is 6.92 Å². The van der Waals surface area contributed by atoms with Crippen molar-refractivity contribution < 1.29 is 4.92 Å². The average Bonchev–Trinajstić information content (AvgIpc) is 2.83. The van der Waals surface area contributed by atoms with Crippen LogP contribution in [0, 0.1) is 10.1 Å². The standard InChI is InChI=1S/C12H10BrN3O2S/c1-8(11-6-7-12(13)19-11)14-15-9-2-4-10(5-3-9)16(17)18/h2-7,15H,1H3/b14-8-. The highest BCUT2D eigenvalue weighted by Crippen LogP contribution is 2.23. The molecule has 0 bridgehead atoms. The fraction of sp³-hybridized carbons (Fsp3) is 0.0833. The molecule has 1 N–H and O–H groups in total. The van der Waals surface area contributed by atoms with Crippen LogP contribution < -0.4 is 5.43 Å². The Morgan fingerprint density at radius 3 is 2.53 bits per heavy atom. The third-order valence-electron chi connectivity index (χ3n) is 2.36.